The molecule has 0 radical (unpaired) electrons. The van der Waals surface area contributed by atoms with Crippen molar-refractivity contribution in [3.8, 4) is 11.5 Å². The fourth-order valence-electron chi connectivity index (χ4n) is 2.04. The number of fused-ring (bicyclic) bond motifs is 1. The molecule has 2 nitrogen and oxygen atoms in total. The van der Waals surface area contributed by atoms with Gasteiger partial charge in [0.1, 0.15) is 5.75 Å². The normalized spacial score (nSPS) is 11.8. The molecular formula is C15H10F3NO. The van der Waals surface area contributed by atoms with Gasteiger partial charge < -0.3 is 9.72 Å². The minimum atomic E-state index is -4.44. The molecule has 0 atom stereocenters. The zero-order valence-corrected chi connectivity index (χ0v) is 10.2. The molecule has 0 aliphatic rings. The van der Waals surface area contributed by atoms with E-state index in [0.717, 1.165) is 17.0 Å². The lowest BCUT2D eigenvalue weighted by atomic mass is 10.2. The number of rotatable bonds is 2. The highest BCUT2D eigenvalue weighted by atomic mass is 19.4. The van der Waals surface area contributed by atoms with Crippen LogP contribution in [0.15, 0.2) is 54.7 Å². The van der Waals surface area contributed by atoms with Crippen molar-refractivity contribution < 1.29 is 17.9 Å². The lowest BCUT2D eigenvalue weighted by Gasteiger charge is -2.12. The van der Waals surface area contributed by atoms with Crippen LogP contribution in [0.4, 0.5) is 13.2 Å². The number of aromatic amines is 1. The summed E-state index contributed by atoms with van der Waals surface area (Å²) in [5, 5.41) is 0.740. The van der Waals surface area contributed by atoms with E-state index in [1.807, 2.05) is 12.1 Å². The first-order valence-electron chi connectivity index (χ1n) is 5.96. The number of ether oxygens (including phenoxy) is 1. The summed E-state index contributed by atoms with van der Waals surface area (Å²) in [4.78, 5) is 2.96. The number of nitrogens with one attached hydrogen (secondary N) is 1. The minimum Gasteiger partial charge on any atom is -0.454 e. The maximum Gasteiger partial charge on any atom is 0.419 e. The maximum absolute atomic E-state index is 12.9. The molecule has 0 bridgehead atoms. The summed E-state index contributed by atoms with van der Waals surface area (Å²) < 4.78 is 44.1. The molecule has 0 fully saturated rings. The van der Waals surface area contributed by atoms with Crippen molar-refractivity contribution in [2.45, 2.75) is 6.18 Å². The van der Waals surface area contributed by atoms with Gasteiger partial charge in [-0.2, -0.15) is 13.2 Å². The number of aromatic nitrogens is 1. The van der Waals surface area contributed by atoms with Crippen LogP contribution < -0.4 is 4.74 Å². The first kappa shape index (κ1) is 12.6. The number of para-hydroxylation sites is 2. The Kier molecular flexibility index (Phi) is 2.89. The van der Waals surface area contributed by atoms with Crippen molar-refractivity contribution in [3.63, 3.8) is 0 Å². The van der Waals surface area contributed by atoms with Gasteiger partial charge in [0.2, 0.25) is 0 Å². The summed E-state index contributed by atoms with van der Waals surface area (Å²) in [6.45, 7) is 0. The van der Waals surface area contributed by atoms with Crippen LogP contribution in [0.1, 0.15) is 5.56 Å². The monoisotopic (exact) mass is 277 g/mol. The highest BCUT2D eigenvalue weighted by Crippen LogP contribution is 2.39. The van der Waals surface area contributed by atoms with E-state index in [1.165, 1.54) is 18.2 Å². The summed E-state index contributed by atoms with van der Waals surface area (Å²) in [7, 11) is 0. The quantitative estimate of drug-likeness (QED) is 0.702. The molecule has 3 aromatic rings. The van der Waals surface area contributed by atoms with Gasteiger partial charge >= 0.3 is 6.18 Å². The molecule has 0 aliphatic carbocycles. The summed E-state index contributed by atoms with van der Waals surface area (Å²) in [5.41, 5.74) is 0.0253. The Labute approximate surface area is 112 Å². The Balaban J connectivity index is 2.04. The third-order valence-electron chi connectivity index (χ3n) is 2.96. The second-order valence-corrected chi connectivity index (χ2v) is 4.29. The predicted molar refractivity (Wildman–Crippen MR) is 69.8 cm³/mol. The van der Waals surface area contributed by atoms with Gasteiger partial charge in [0, 0.05) is 17.1 Å². The first-order chi connectivity index (χ1) is 9.55. The zero-order valence-electron chi connectivity index (χ0n) is 10.2. The van der Waals surface area contributed by atoms with Gasteiger partial charge in [-0.15, -0.1) is 0 Å². The lowest BCUT2D eigenvalue weighted by molar-refractivity contribution is -0.138. The van der Waals surface area contributed by atoms with Crippen LogP contribution in [0.2, 0.25) is 0 Å². The minimum absolute atomic E-state index is 0.204. The number of hydrogen-bond donors (Lipinski definition) is 1. The summed E-state index contributed by atoms with van der Waals surface area (Å²) in [6.07, 6.45) is -2.89. The summed E-state index contributed by atoms with van der Waals surface area (Å²) >= 11 is 0. The predicted octanol–water partition coefficient (Wildman–Crippen LogP) is 4.98. The number of benzene rings is 2. The topological polar surface area (TPSA) is 25.0 Å². The van der Waals surface area contributed by atoms with Gasteiger partial charge in [0.15, 0.2) is 5.75 Å². The van der Waals surface area contributed by atoms with Gasteiger partial charge in [-0.05, 0) is 24.3 Å². The molecule has 2 aromatic carbocycles. The second-order valence-electron chi connectivity index (χ2n) is 4.29. The van der Waals surface area contributed by atoms with E-state index < -0.39 is 11.7 Å². The molecule has 0 saturated carbocycles. The third-order valence-corrected chi connectivity index (χ3v) is 2.96. The van der Waals surface area contributed by atoms with E-state index in [0.29, 0.717) is 5.75 Å². The molecule has 1 aromatic heterocycles. The lowest BCUT2D eigenvalue weighted by Crippen LogP contribution is -2.06. The van der Waals surface area contributed by atoms with Crippen molar-refractivity contribution in [1.82, 2.24) is 4.98 Å². The standard InChI is InChI=1S/C15H10F3NO/c16-15(17,18)11-6-2-4-8-13(11)20-14-9-19-12-7-3-1-5-10(12)14/h1-9,19H. The van der Waals surface area contributed by atoms with Gasteiger partial charge in [0.25, 0.3) is 0 Å². The smallest absolute Gasteiger partial charge is 0.419 e. The van der Waals surface area contributed by atoms with Crippen LogP contribution in [0.3, 0.4) is 0 Å². The Morgan fingerprint density at radius 1 is 0.850 bits per heavy atom. The molecule has 1 heterocycles. The molecule has 3 rings (SSSR count). The Hall–Kier alpha value is -2.43. The van der Waals surface area contributed by atoms with Gasteiger partial charge in [-0.25, -0.2) is 0 Å². The first-order valence-corrected chi connectivity index (χ1v) is 5.96. The molecule has 102 valence electrons. The average Bonchev–Trinajstić information content (AvgIpc) is 2.82. The van der Waals surface area contributed by atoms with Gasteiger partial charge in [-0.1, -0.05) is 24.3 Å². The second kappa shape index (κ2) is 4.59. The fourth-order valence-corrected chi connectivity index (χ4v) is 2.04. The van der Waals surface area contributed by atoms with Gasteiger partial charge in [-0.3, -0.25) is 0 Å². The maximum atomic E-state index is 12.9. The summed E-state index contributed by atoms with van der Waals surface area (Å²) in [6, 6.07) is 12.4. The van der Waals surface area contributed by atoms with Crippen LogP contribution >= 0.6 is 0 Å². The van der Waals surface area contributed by atoms with Crippen LogP contribution in [0.25, 0.3) is 10.9 Å². The molecule has 1 N–H and O–H groups in total. The van der Waals surface area contributed by atoms with E-state index in [2.05, 4.69) is 4.98 Å². The molecule has 0 aliphatic heterocycles. The number of alkyl halides is 3. The van der Waals surface area contributed by atoms with E-state index in [-0.39, 0.29) is 5.75 Å². The highest BCUT2D eigenvalue weighted by molar-refractivity contribution is 5.86. The van der Waals surface area contributed by atoms with Crippen molar-refractivity contribution in [2.24, 2.45) is 0 Å². The van der Waals surface area contributed by atoms with Crippen LogP contribution in [-0.4, -0.2) is 4.98 Å². The number of hydrogen-bond acceptors (Lipinski definition) is 1. The molecule has 0 saturated heterocycles. The highest BCUT2D eigenvalue weighted by Gasteiger charge is 2.34. The van der Waals surface area contributed by atoms with Crippen LogP contribution in [-0.2, 0) is 6.18 Å². The fraction of sp³-hybridized carbons (Fsp3) is 0.0667. The molecule has 5 heteroatoms. The Morgan fingerprint density at radius 2 is 1.55 bits per heavy atom. The van der Waals surface area contributed by atoms with Crippen molar-refractivity contribution in [2.75, 3.05) is 0 Å². The van der Waals surface area contributed by atoms with Crippen LogP contribution in [0, 0.1) is 0 Å². The SMILES string of the molecule is FC(F)(F)c1ccccc1Oc1c[nH]c2ccccc12. The van der Waals surface area contributed by atoms with Crippen molar-refractivity contribution in [3.05, 3.63) is 60.3 Å². The van der Waals surface area contributed by atoms with E-state index in [1.54, 1.807) is 18.3 Å². The van der Waals surface area contributed by atoms with Crippen LogP contribution in [0.5, 0.6) is 11.5 Å². The molecule has 20 heavy (non-hydrogen) atoms. The molecular weight excluding hydrogens is 267 g/mol. The van der Waals surface area contributed by atoms with Gasteiger partial charge in [0.05, 0.1) is 5.56 Å². The molecule has 0 spiro atoms. The van der Waals surface area contributed by atoms with Crippen molar-refractivity contribution in [1.29, 1.82) is 0 Å². The zero-order chi connectivity index (χ0) is 14.2. The summed E-state index contributed by atoms with van der Waals surface area (Å²) in [5.74, 6) is 0.169. The number of H-pyrrole nitrogens is 1. The third kappa shape index (κ3) is 2.22. The van der Waals surface area contributed by atoms with E-state index >= 15 is 0 Å². The Morgan fingerprint density at radius 3 is 2.35 bits per heavy atom. The van der Waals surface area contributed by atoms with Crippen molar-refractivity contribution >= 4 is 10.9 Å². The largest absolute Gasteiger partial charge is 0.454 e. The van der Waals surface area contributed by atoms with E-state index in [4.69, 9.17) is 4.74 Å². The molecule has 0 unspecified atom stereocenters. The van der Waals surface area contributed by atoms with E-state index in [9.17, 15) is 13.2 Å². The average molecular weight is 277 g/mol. The number of halogens is 3. The Bertz CT molecular complexity index is 746. The molecule has 0 amide bonds.